The van der Waals surface area contributed by atoms with Gasteiger partial charge in [-0.1, -0.05) is 32.9 Å². The molecule has 0 bridgehead atoms. The van der Waals surface area contributed by atoms with Crippen molar-refractivity contribution < 1.29 is 9.22 Å². The fraction of sp³-hybridized carbons (Fsp3) is 0.500. The van der Waals surface area contributed by atoms with E-state index in [1.54, 1.807) is 12.1 Å². The van der Waals surface area contributed by atoms with Crippen LogP contribution in [0, 0.1) is 0 Å². The van der Waals surface area contributed by atoms with Gasteiger partial charge in [-0.3, -0.25) is 0 Å². The maximum atomic E-state index is 11.3. The van der Waals surface area contributed by atoms with Crippen molar-refractivity contribution >= 4 is 20.3 Å². The summed E-state index contributed by atoms with van der Waals surface area (Å²) in [5, 5.41) is 0.0854. The van der Waals surface area contributed by atoms with Crippen molar-refractivity contribution in [3.63, 3.8) is 0 Å². The van der Waals surface area contributed by atoms with Gasteiger partial charge in [0.1, 0.15) is 6.10 Å². The van der Waals surface area contributed by atoms with Gasteiger partial charge in [0.25, 0.3) is 0 Å². The van der Waals surface area contributed by atoms with Crippen molar-refractivity contribution in [1.29, 1.82) is 0 Å². The number of carbonyl (C=O) groups excluding carboxylic acids is 1. The molecule has 4 heteroatoms. The molecule has 1 aromatic rings. The summed E-state index contributed by atoms with van der Waals surface area (Å²) in [6, 6.07) is 7.28. The Kier molecular flexibility index (Phi) is 4.35. The second kappa shape index (κ2) is 5.24. The van der Waals surface area contributed by atoms with Gasteiger partial charge in [0, 0.05) is 5.69 Å². The minimum absolute atomic E-state index is 0.0854. The molecule has 0 radical (unpaired) electrons. The molecule has 18 heavy (non-hydrogen) atoms. The first-order valence-electron chi connectivity index (χ1n) is 6.16. The second-order valence-corrected chi connectivity index (χ2v) is 10.9. The maximum absolute atomic E-state index is 11.3. The molecule has 3 nitrogen and oxygen atoms in total. The predicted molar refractivity (Wildman–Crippen MR) is 77.9 cm³/mol. The van der Waals surface area contributed by atoms with Crippen LogP contribution in [0.5, 0.6) is 0 Å². The van der Waals surface area contributed by atoms with Crippen molar-refractivity contribution in [3.8, 4) is 0 Å². The third-order valence-corrected chi connectivity index (χ3v) is 8.07. The molecule has 100 valence electrons. The first-order valence-corrected chi connectivity index (χ1v) is 9.07. The van der Waals surface area contributed by atoms with Crippen molar-refractivity contribution in [2.75, 3.05) is 5.73 Å². The molecule has 0 aliphatic rings. The largest absolute Gasteiger partial charge is 0.403 e. The van der Waals surface area contributed by atoms with Crippen LogP contribution in [-0.4, -0.2) is 14.6 Å². The van der Waals surface area contributed by atoms with E-state index in [1.165, 1.54) is 0 Å². The van der Waals surface area contributed by atoms with Gasteiger partial charge in [-0.05, 0) is 35.8 Å². The standard InChI is InChI=1S/C14H23NO2Si/c1-14(2,3)18(4,5)17-13(10-16)11-6-8-12(15)9-7-11/h6-10,13H,15H2,1-5H3. The van der Waals surface area contributed by atoms with Gasteiger partial charge < -0.3 is 15.0 Å². The molecule has 1 unspecified atom stereocenters. The maximum Gasteiger partial charge on any atom is 0.193 e. The van der Waals surface area contributed by atoms with Crippen LogP contribution < -0.4 is 5.73 Å². The minimum Gasteiger partial charge on any atom is -0.403 e. The molecule has 2 N–H and O–H groups in total. The molecule has 0 heterocycles. The van der Waals surface area contributed by atoms with Crippen molar-refractivity contribution in [3.05, 3.63) is 29.8 Å². The first kappa shape index (κ1) is 14.9. The Balaban J connectivity index is 2.92. The van der Waals surface area contributed by atoms with Crippen LogP contribution in [0.2, 0.25) is 18.1 Å². The van der Waals surface area contributed by atoms with Crippen LogP contribution in [0.15, 0.2) is 24.3 Å². The van der Waals surface area contributed by atoms with Crippen LogP contribution in [0.1, 0.15) is 32.4 Å². The Morgan fingerprint density at radius 3 is 2.11 bits per heavy atom. The van der Waals surface area contributed by atoms with Crippen LogP contribution in [-0.2, 0) is 9.22 Å². The number of nitrogen functional groups attached to an aromatic ring is 1. The number of aldehydes is 1. The molecule has 0 saturated heterocycles. The Hall–Kier alpha value is -1.13. The number of carbonyl (C=O) groups is 1. The Morgan fingerprint density at radius 2 is 1.72 bits per heavy atom. The minimum atomic E-state index is -1.95. The van der Waals surface area contributed by atoms with Gasteiger partial charge in [0.15, 0.2) is 14.6 Å². The molecule has 1 rings (SSSR count). The van der Waals surface area contributed by atoms with Gasteiger partial charge in [0.2, 0.25) is 0 Å². The number of rotatable bonds is 4. The normalized spacial score (nSPS) is 14.3. The zero-order valence-electron chi connectivity index (χ0n) is 11.9. The monoisotopic (exact) mass is 265 g/mol. The van der Waals surface area contributed by atoms with Crippen molar-refractivity contribution in [1.82, 2.24) is 0 Å². The topological polar surface area (TPSA) is 52.3 Å². The average molecular weight is 265 g/mol. The summed E-state index contributed by atoms with van der Waals surface area (Å²) >= 11 is 0. The summed E-state index contributed by atoms with van der Waals surface area (Å²) < 4.78 is 6.11. The highest BCUT2D eigenvalue weighted by atomic mass is 28.4. The number of hydrogen-bond donors (Lipinski definition) is 1. The van der Waals surface area contributed by atoms with E-state index in [4.69, 9.17) is 10.2 Å². The lowest BCUT2D eigenvalue weighted by atomic mass is 10.1. The fourth-order valence-corrected chi connectivity index (χ4v) is 2.53. The second-order valence-electron chi connectivity index (χ2n) is 6.10. The highest BCUT2D eigenvalue weighted by Crippen LogP contribution is 2.39. The number of nitrogens with two attached hydrogens (primary N) is 1. The van der Waals surface area contributed by atoms with Gasteiger partial charge in [-0.15, -0.1) is 0 Å². The molecular formula is C14H23NO2Si. The third kappa shape index (κ3) is 3.43. The summed E-state index contributed by atoms with van der Waals surface area (Å²) in [6.07, 6.45) is 0.373. The van der Waals surface area contributed by atoms with Gasteiger partial charge in [-0.25, -0.2) is 0 Å². The molecule has 1 atom stereocenters. The molecule has 0 aromatic heterocycles. The molecule has 1 aromatic carbocycles. The Bertz CT molecular complexity index is 407. The van der Waals surface area contributed by atoms with E-state index in [0.717, 1.165) is 11.8 Å². The lowest BCUT2D eigenvalue weighted by molar-refractivity contribution is -0.114. The lowest BCUT2D eigenvalue weighted by Crippen LogP contribution is -2.42. The smallest absolute Gasteiger partial charge is 0.193 e. The predicted octanol–water partition coefficient (Wildman–Crippen LogP) is 3.53. The highest BCUT2D eigenvalue weighted by molar-refractivity contribution is 6.74. The SMILES string of the molecule is CC(C)(C)[Si](C)(C)OC(C=O)c1ccc(N)cc1. The fourth-order valence-electron chi connectivity index (χ4n) is 1.35. The van der Waals surface area contributed by atoms with Crippen LogP contribution in [0.25, 0.3) is 0 Å². The molecule has 0 aliphatic carbocycles. The molecule has 0 spiro atoms. The van der Waals surface area contributed by atoms with Crippen molar-refractivity contribution in [2.45, 2.75) is 45.0 Å². The van der Waals surface area contributed by atoms with Gasteiger partial charge in [-0.2, -0.15) is 0 Å². The summed E-state index contributed by atoms with van der Waals surface area (Å²) in [6.45, 7) is 10.7. The van der Waals surface area contributed by atoms with Crippen LogP contribution >= 0.6 is 0 Å². The summed E-state index contributed by atoms with van der Waals surface area (Å²) in [5.74, 6) is 0. The van der Waals surface area contributed by atoms with Crippen LogP contribution in [0.3, 0.4) is 0 Å². The zero-order valence-corrected chi connectivity index (χ0v) is 12.9. The van der Waals surface area contributed by atoms with E-state index >= 15 is 0 Å². The molecule has 0 amide bonds. The average Bonchev–Trinajstić information content (AvgIpc) is 2.25. The quantitative estimate of drug-likeness (QED) is 0.515. The molecular weight excluding hydrogens is 242 g/mol. The molecule has 0 aliphatic heterocycles. The van der Waals surface area contributed by atoms with E-state index in [2.05, 4.69) is 33.9 Å². The number of benzene rings is 1. The van der Waals surface area contributed by atoms with Gasteiger partial charge >= 0.3 is 0 Å². The van der Waals surface area contributed by atoms with Crippen molar-refractivity contribution in [2.24, 2.45) is 0 Å². The van der Waals surface area contributed by atoms with Crippen LogP contribution in [0.4, 0.5) is 5.69 Å². The molecule has 0 saturated carbocycles. The van der Waals surface area contributed by atoms with Gasteiger partial charge in [0.05, 0.1) is 0 Å². The first-order chi connectivity index (χ1) is 8.17. The highest BCUT2D eigenvalue weighted by Gasteiger charge is 2.39. The summed E-state index contributed by atoms with van der Waals surface area (Å²) in [5.41, 5.74) is 7.20. The van der Waals surface area contributed by atoms with E-state index < -0.39 is 14.4 Å². The van der Waals surface area contributed by atoms with E-state index in [-0.39, 0.29) is 5.04 Å². The summed E-state index contributed by atoms with van der Waals surface area (Å²) in [4.78, 5) is 11.3. The van der Waals surface area contributed by atoms with E-state index in [9.17, 15) is 4.79 Å². The molecule has 0 fully saturated rings. The van der Waals surface area contributed by atoms with E-state index in [1.807, 2.05) is 12.1 Å². The Morgan fingerprint density at radius 1 is 1.22 bits per heavy atom. The zero-order chi connectivity index (χ0) is 14.0. The summed E-state index contributed by atoms with van der Waals surface area (Å²) in [7, 11) is -1.95. The third-order valence-electron chi connectivity index (χ3n) is 3.62. The number of anilines is 1. The van der Waals surface area contributed by atoms with E-state index in [0.29, 0.717) is 5.69 Å². The number of hydrogen-bond acceptors (Lipinski definition) is 3. The lowest BCUT2D eigenvalue weighted by Gasteiger charge is -2.38. The Labute approximate surface area is 110 Å².